The number of nitrogens with zero attached hydrogens (tertiary/aromatic N) is 2. The molecule has 0 aliphatic heterocycles. The normalized spacial score (nSPS) is 11.9. The molecule has 296 valence electrons. The second-order valence-electron chi connectivity index (χ2n) is 17.2. The topological polar surface area (TPSA) is 32.8 Å². The lowest BCUT2D eigenvalue weighted by molar-refractivity contribution is 0.638. The van der Waals surface area contributed by atoms with Gasteiger partial charge >= 0.3 is 0 Å². The van der Waals surface area contributed by atoms with E-state index in [4.69, 9.17) is 8.83 Å². The highest BCUT2D eigenvalue weighted by atomic mass is 16.3. The van der Waals surface area contributed by atoms with Crippen LogP contribution >= 0.6 is 0 Å². The van der Waals surface area contributed by atoms with E-state index in [1.807, 2.05) is 0 Å². The first kappa shape index (κ1) is 36.8. The molecule has 4 heteroatoms. The van der Waals surface area contributed by atoms with Crippen molar-refractivity contribution in [3.8, 4) is 0 Å². The average molecular weight is 791 g/mol. The maximum Gasteiger partial charge on any atom is 0.142 e. The molecule has 2 heterocycles. The largest absolute Gasteiger partial charge is 0.456 e. The highest BCUT2D eigenvalue weighted by Crippen LogP contribution is 2.46. The van der Waals surface area contributed by atoms with Gasteiger partial charge in [0.05, 0.1) is 0 Å². The Bertz CT molecular complexity index is 3240. The zero-order chi connectivity index (χ0) is 41.5. The lowest BCUT2D eigenvalue weighted by Crippen LogP contribution is -2.10. The first-order valence-electron chi connectivity index (χ1n) is 21.2. The van der Waals surface area contributed by atoms with Crippen LogP contribution in [-0.4, -0.2) is 0 Å². The van der Waals surface area contributed by atoms with Gasteiger partial charge in [-0.3, -0.25) is 0 Å². The van der Waals surface area contributed by atoms with Crippen molar-refractivity contribution in [2.24, 2.45) is 0 Å². The van der Waals surface area contributed by atoms with Gasteiger partial charge in [-0.25, -0.2) is 0 Å². The van der Waals surface area contributed by atoms with Crippen molar-refractivity contribution in [3.63, 3.8) is 0 Å². The summed E-state index contributed by atoms with van der Waals surface area (Å²) in [5.74, 6) is 0.170. The minimum absolute atomic E-state index is 0.170. The Labute approximate surface area is 355 Å². The predicted octanol–water partition coefficient (Wildman–Crippen LogP) is 17.1. The van der Waals surface area contributed by atoms with Crippen molar-refractivity contribution in [2.45, 2.75) is 47.5 Å². The van der Waals surface area contributed by atoms with Crippen LogP contribution in [0.2, 0.25) is 0 Å². The summed E-state index contributed by atoms with van der Waals surface area (Å²) in [6.07, 6.45) is 0. The van der Waals surface area contributed by atoms with Gasteiger partial charge in [-0.2, -0.15) is 0 Å². The van der Waals surface area contributed by atoms with E-state index in [9.17, 15) is 0 Å². The van der Waals surface area contributed by atoms with Crippen LogP contribution in [0.3, 0.4) is 0 Å². The fourth-order valence-corrected chi connectivity index (χ4v) is 9.64. The number of aryl methyl sites for hydroxylation is 4. The fourth-order valence-electron chi connectivity index (χ4n) is 9.64. The molecule has 0 spiro atoms. The molecule has 4 nitrogen and oxygen atoms in total. The van der Waals surface area contributed by atoms with Gasteiger partial charge in [-0.15, -0.1) is 0 Å². The SMILES string of the molecule is Cc1cc(C)cc(N(c2ccccc2)c2ccc3cc4c(cc3c2)oc2c(C(C)C)c3oc5cc6cc(N(c7ccccc7)c7cc(C)cc(C)c7)ccc6cc5c3cc24)c1. The molecule has 0 bridgehead atoms. The Kier molecular flexibility index (Phi) is 8.54. The second-order valence-corrected chi connectivity index (χ2v) is 17.2. The third-order valence-electron chi connectivity index (χ3n) is 12.2. The monoisotopic (exact) mass is 790 g/mol. The number of rotatable bonds is 7. The molecule has 0 radical (unpaired) electrons. The minimum Gasteiger partial charge on any atom is -0.456 e. The molecule has 2 aromatic heterocycles. The van der Waals surface area contributed by atoms with Crippen molar-refractivity contribution in [1.29, 1.82) is 0 Å². The Balaban J connectivity index is 1.05. The zero-order valence-electron chi connectivity index (χ0n) is 35.4. The third-order valence-corrected chi connectivity index (χ3v) is 12.2. The number of para-hydroxylation sites is 2. The van der Waals surface area contributed by atoms with Gasteiger partial charge in [0.1, 0.15) is 22.3 Å². The summed E-state index contributed by atoms with van der Waals surface area (Å²) in [6, 6.07) is 59.5. The molecule has 9 aromatic carbocycles. The van der Waals surface area contributed by atoms with E-state index in [1.54, 1.807) is 0 Å². The maximum absolute atomic E-state index is 6.90. The van der Waals surface area contributed by atoms with Gasteiger partial charge in [0.2, 0.25) is 0 Å². The Morgan fingerprint density at radius 2 is 0.754 bits per heavy atom. The molecular weight excluding hydrogens is 745 g/mol. The summed E-state index contributed by atoms with van der Waals surface area (Å²) in [5.41, 5.74) is 16.3. The van der Waals surface area contributed by atoms with Crippen molar-refractivity contribution in [3.05, 3.63) is 192 Å². The lowest BCUT2D eigenvalue weighted by atomic mass is 9.95. The Morgan fingerprint density at radius 1 is 0.344 bits per heavy atom. The van der Waals surface area contributed by atoms with Crippen molar-refractivity contribution >= 4 is 99.5 Å². The molecular formula is C57H46N2O2. The fraction of sp³-hybridized carbons (Fsp3) is 0.123. The molecule has 0 unspecified atom stereocenters. The maximum atomic E-state index is 6.90. The van der Waals surface area contributed by atoms with Crippen LogP contribution in [0.15, 0.2) is 173 Å². The van der Waals surface area contributed by atoms with E-state index < -0.39 is 0 Å². The first-order valence-corrected chi connectivity index (χ1v) is 21.2. The second kappa shape index (κ2) is 14.2. The molecule has 11 rings (SSSR count). The highest BCUT2D eigenvalue weighted by Gasteiger charge is 2.23. The van der Waals surface area contributed by atoms with E-state index in [0.29, 0.717) is 0 Å². The molecule has 0 amide bonds. The summed E-state index contributed by atoms with van der Waals surface area (Å²) >= 11 is 0. The highest BCUT2D eigenvalue weighted by molar-refractivity contribution is 6.20. The minimum atomic E-state index is 0.170. The molecule has 0 aliphatic carbocycles. The predicted molar refractivity (Wildman–Crippen MR) is 258 cm³/mol. The van der Waals surface area contributed by atoms with Gasteiger partial charge in [0.25, 0.3) is 0 Å². The molecule has 0 saturated heterocycles. The van der Waals surface area contributed by atoms with Crippen LogP contribution in [0.25, 0.3) is 65.4 Å². The van der Waals surface area contributed by atoms with Crippen LogP contribution in [0.5, 0.6) is 0 Å². The first-order chi connectivity index (χ1) is 29.6. The van der Waals surface area contributed by atoms with Crippen LogP contribution < -0.4 is 9.80 Å². The van der Waals surface area contributed by atoms with Crippen LogP contribution in [0.4, 0.5) is 34.1 Å². The Morgan fingerprint density at radius 3 is 1.15 bits per heavy atom. The summed E-state index contributed by atoms with van der Waals surface area (Å²) < 4.78 is 13.8. The van der Waals surface area contributed by atoms with Crippen molar-refractivity contribution < 1.29 is 8.83 Å². The molecule has 0 fully saturated rings. The van der Waals surface area contributed by atoms with Crippen molar-refractivity contribution in [2.75, 3.05) is 9.80 Å². The third kappa shape index (κ3) is 6.29. The number of benzene rings is 9. The van der Waals surface area contributed by atoms with Gasteiger partial charge < -0.3 is 18.6 Å². The van der Waals surface area contributed by atoms with Crippen LogP contribution in [0.1, 0.15) is 47.6 Å². The summed E-state index contributed by atoms with van der Waals surface area (Å²) in [7, 11) is 0. The van der Waals surface area contributed by atoms with Gasteiger partial charge in [0.15, 0.2) is 0 Å². The van der Waals surface area contributed by atoms with E-state index >= 15 is 0 Å². The average Bonchev–Trinajstić information content (AvgIpc) is 3.77. The molecule has 0 aliphatic rings. The summed E-state index contributed by atoms with van der Waals surface area (Å²) in [4.78, 5) is 4.68. The van der Waals surface area contributed by atoms with E-state index in [-0.39, 0.29) is 5.92 Å². The van der Waals surface area contributed by atoms with Crippen molar-refractivity contribution in [1.82, 2.24) is 0 Å². The summed E-state index contributed by atoms with van der Waals surface area (Å²) in [5, 5.41) is 9.05. The molecule has 0 atom stereocenters. The van der Waals surface area contributed by atoms with Crippen LogP contribution in [0, 0.1) is 27.7 Å². The van der Waals surface area contributed by atoms with Gasteiger partial charge in [-0.1, -0.05) is 74.5 Å². The van der Waals surface area contributed by atoms with Crippen LogP contribution in [-0.2, 0) is 0 Å². The van der Waals surface area contributed by atoms with E-state index in [1.165, 1.54) is 33.0 Å². The smallest absolute Gasteiger partial charge is 0.142 e. The standard InChI is InChI=1S/C57H46N2O2/c1-34(2)55-56-51(49-29-39-17-19-45(27-41(39)31-53(49)60-56)58(43-13-9-7-10-14-43)47-23-35(3)21-36(4)24-47)33-52-50-30-40-18-20-46(28-42(40)32-54(50)61-57(52)55)59(44-15-11-8-12-16-44)48-25-37(5)22-38(6)26-48/h7-34H,1-6H3. The lowest BCUT2D eigenvalue weighted by Gasteiger charge is -2.26. The summed E-state index contributed by atoms with van der Waals surface area (Å²) in [6.45, 7) is 13.1. The zero-order valence-corrected chi connectivity index (χ0v) is 35.4. The molecule has 0 saturated carbocycles. The number of hydrogen-bond donors (Lipinski definition) is 0. The number of anilines is 6. The molecule has 61 heavy (non-hydrogen) atoms. The van der Waals surface area contributed by atoms with E-state index in [2.05, 4.69) is 215 Å². The number of fused-ring (bicyclic) bond motifs is 8. The van der Waals surface area contributed by atoms with Gasteiger partial charge in [-0.05, 0) is 181 Å². The number of hydrogen-bond acceptors (Lipinski definition) is 4. The quantitative estimate of drug-likeness (QED) is 0.161. The molecule has 0 N–H and O–H groups in total. The molecule has 11 aromatic rings. The van der Waals surface area contributed by atoms with E-state index in [0.717, 1.165) is 94.3 Å². The van der Waals surface area contributed by atoms with Gasteiger partial charge in [0, 0.05) is 61.2 Å². The number of furan rings is 2. The Hall–Kier alpha value is -7.30.